The van der Waals surface area contributed by atoms with Crippen molar-refractivity contribution in [2.75, 3.05) is 0 Å². The van der Waals surface area contributed by atoms with E-state index in [-0.39, 0.29) is 24.2 Å². The van der Waals surface area contributed by atoms with Crippen LogP contribution in [0.3, 0.4) is 0 Å². The molecule has 0 radical (unpaired) electrons. The largest absolute Gasteiger partial charge is 0.480 e. The van der Waals surface area contributed by atoms with Crippen LogP contribution in [0.2, 0.25) is 0 Å². The summed E-state index contributed by atoms with van der Waals surface area (Å²) in [5, 5.41) is 9.36. The first-order chi connectivity index (χ1) is 8.93. The normalized spacial score (nSPS) is 25.1. The molecular formula is C14H21NO4. The molecule has 0 aromatic heterocycles. The predicted molar refractivity (Wildman–Crippen MR) is 68.2 cm³/mol. The van der Waals surface area contributed by atoms with Crippen LogP contribution in [-0.4, -0.2) is 33.8 Å². The summed E-state index contributed by atoms with van der Waals surface area (Å²) < 4.78 is 0. The third-order valence-corrected chi connectivity index (χ3v) is 4.71. The van der Waals surface area contributed by atoms with Gasteiger partial charge in [0.2, 0.25) is 11.8 Å². The second kappa shape index (κ2) is 4.94. The first kappa shape index (κ1) is 14.0. The van der Waals surface area contributed by atoms with Crippen molar-refractivity contribution in [2.45, 2.75) is 58.4 Å². The monoisotopic (exact) mass is 267 g/mol. The first-order valence-electron chi connectivity index (χ1n) is 7.02. The summed E-state index contributed by atoms with van der Waals surface area (Å²) in [7, 11) is 0. The second-order valence-corrected chi connectivity index (χ2v) is 5.90. The Morgan fingerprint density at radius 3 is 2.42 bits per heavy atom. The number of aliphatic carboxylic acids is 1. The van der Waals surface area contributed by atoms with E-state index in [1.807, 2.05) is 6.92 Å². The lowest BCUT2D eigenvalue weighted by atomic mass is 9.84. The number of rotatable bonds is 4. The van der Waals surface area contributed by atoms with Crippen LogP contribution in [0.1, 0.15) is 52.4 Å². The van der Waals surface area contributed by atoms with Crippen LogP contribution in [-0.2, 0) is 14.4 Å². The van der Waals surface area contributed by atoms with Crippen LogP contribution >= 0.6 is 0 Å². The highest BCUT2D eigenvalue weighted by molar-refractivity contribution is 6.08. The molecule has 1 aliphatic carbocycles. The minimum Gasteiger partial charge on any atom is -0.480 e. The van der Waals surface area contributed by atoms with Gasteiger partial charge in [-0.15, -0.1) is 0 Å². The molecule has 0 aromatic carbocycles. The maximum atomic E-state index is 12.5. The van der Waals surface area contributed by atoms with Gasteiger partial charge < -0.3 is 5.11 Å². The van der Waals surface area contributed by atoms with Crippen LogP contribution in [0.25, 0.3) is 0 Å². The van der Waals surface area contributed by atoms with E-state index >= 15 is 0 Å². The maximum absolute atomic E-state index is 12.5. The van der Waals surface area contributed by atoms with E-state index < -0.39 is 17.4 Å². The number of carbonyl (C=O) groups is 3. The molecule has 2 aliphatic rings. The lowest BCUT2D eigenvalue weighted by Gasteiger charge is -2.29. The van der Waals surface area contributed by atoms with Crippen molar-refractivity contribution in [3.8, 4) is 0 Å². The zero-order valence-electron chi connectivity index (χ0n) is 11.5. The van der Waals surface area contributed by atoms with Crippen molar-refractivity contribution >= 4 is 17.8 Å². The lowest BCUT2D eigenvalue weighted by Crippen LogP contribution is -2.49. The molecule has 2 amide bonds. The number of imide groups is 1. The van der Waals surface area contributed by atoms with E-state index in [2.05, 4.69) is 0 Å². The Kier molecular flexibility index (Phi) is 3.65. The van der Waals surface area contributed by atoms with Crippen LogP contribution < -0.4 is 0 Å². The van der Waals surface area contributed by atoms with Crippen molar-refractivity contribution in [3.63, 3.8) is 0 Å². The van der Waals surface area contributed by atoms with E-state index in [9.17, 15) is 19.5 Å². The highest BCUT2D eigenvalue weighted by atomic mass is 16.4. The van der Waals surface area contributed by atoms with E-state index in [1.165, 1.54) is 0 Å². The van der Waals surface area contributed by atoms with Gasteiger partial charge in [0.1, 0.15) is 6.04 Å². The third kappa shape index (κ3) is 2.15. The van der Waals surface area contributed by atoms with Gasteiger partial charge in [-0.2, -0.15) is 0 Å². The Balaban J connectivity index is 2.30. The molecule has 1 saturated carbocycles. The van der Waals surface area contributed by atoms with Crippen LogP contribution in [0.5, 0.6) is 0 Å². The number of carboxylic acids is 1. The lowest BCUT2D eigenvalue weighted by molar-refractivity contribution is -0.157. The van der Waals surface area contributed by atoms with Crippen LogP contribution in [0.4, 0.5) is 0 Å². The molecule has 5 nitrogen and oxygen atoms in total. The van der Waals surface area contributed by atoms with Crippen molar-refractivity contribution in [1.29, 1.82) is 0 Å². The summed E-state index contributed by atoms with van der Waals surface area (Å²) in [5.41, 5.74) is -0.585. The molecular weight excluding hydrogens is 246 g/mol. The van der Waals surface area contributed by atoms with Crippen LogP contribution in [0, 0.1) is 11.3 Å². The molecule has 1 spiro atoms. The van der Waals surface area contributed by atoms with Gasteiger partial charge in [0.15, 0.2) is 0 Å². The van der Waals surface area contributed by atoms with Crippen molar-refractivity contribution in [3.05, 3.63) is 0 Å². The Hall–Kier alpha value is -1.39. The van der Waals surface area contributed by atoms with Gasteiger partial charge in [0, 0.05) is 6.42 Å². The summed E-state index contributed by atoms with van der Waals surface area (Å²) in [4.78, 5) is 37.2. The smallest absolute Gasteiger partial charge is 0.327 e. The number of hydrogen-bond donors (Lipinski definition) is 1. The Bertz CT molecular complexity index is 412. The standard InChI is InChI=1S/C14H21NO4/c1-3-9(2)11(12(17)18)15-10(16)8-14(13(15)19)6-4-5-7-14/h9,11H,3-8H2,1-2H3,(H,17,18). The second-order valence-electron chi connectivity index (χ2n) is 5.90. The molecule has 2 unspecified atom stereocenters. The van der Waals surface area contributed by atoms with E-state index in [0.717, 1.165) is 30.6 Å². The molecule has 106 valence electrons. The van der Waals surface area contributed by atoms with Gasteiger partial charge in [0.25, 0.3) is 0 Å². The molecule has 1 aliphatic heterocycles. The SMILES string of the molecule is CCC(C)C(C(=O)O)N1C(=O)CC2(CCCC2)C1=O. The molecule has 2 fully saturated rings. The highest BCUT2D eigenvalue weighted by Gasteiger charge is 2.56. The Morgan fingerprint density at radius 1 is 1.37 bits per heavy atom. The molecule has 1 saturated heterocycles. The van der Waals surface area contributed by atoms with Crippen molar-refractivity contribution in [2.24, 2.45) is 11.3 Å². The minimum atomic E-state index is -1.08. The van der Waals surface area contributed by atoms with E-state index in [0.29, 0.717) is 6.42 Å². The quantitative estimate of drug-likeness (QED) is 0.788. The molecule has 2 atom stereocenters. The fraction of sp³-hybridized carbons (Fsp3) is 0.786. The number of nitrogens with zero attached hydrogens (tertiary/aromatic N) is 1. The zero-order valence-corrected chi connectivity index (χ0v) is 11.5. The first-order valence-corrected chi connectivity index (χ1v) is 7.02. The summed E-state index contributed by atoms with van der Waals surface area (Å²) >= 11 is 0. The number of likely N-dealkylation sites (tertiary alicyclic amines) is 1. The third-order valence-electron chi connectivity index (χ3n) is 4.71. The average Bonchev–Trinajstić information content (AvgIpc) is 2.90. The summed E-state index contributed by atoms with van der Waals surface area (Å²) in [6.45, 7) is 3.65. The van der Waals surface area contributed by atoms with E-state index in [4.69, 9.17) is 0 Å². The van der Waals surface area contributed by atoms with Gasteiger partial charge in [-0.25, -0.2) is 4.79 Å². The maximum Gasteiger partial charge on any atom is 0.327 e. The van der Waals surface area contributed by atoms with E-state index in [1.54, 1.807) is 6.92 Å². The van der Waals surface area contributed by atoms with Crippen molar-refractivity contribution < 1.29 is 19.5 Å². The average molecular weight is 267 g/mol. The van der Waals surface area contributed by atoms with Gasteiger partial charge in [-0.1, -0.05) is 33.1 Å². The minimum absolute atomic E-state index is 0.200. The van der Waals surface area contributed by atoms with Gasteiger partial charge in [0.05, 0.1) is 5.41 Å². The zero-order chi connectivity index (χ0) is 14.2. The molecule has 2 rings (SSSR count). The Labute approximate surface area is 113 Å². The molecule has 1 N–H and O–H groups in total. The highest BCUT2D eigenvalue weighted by Crippen LogP contribution is 2.47. The van der Waals surface area contributed by atoms with Gasteiger partial charge >= 0.3 is 5.97 Å². The molecule has 19 heavy (non-hydrogen) atoms. The van der Waals surface area contributed by atoms with Crippen molar-refractivity contribution in [1.82, 2.24) is 4.90 Å². The molecule has 0 bridgehead atoms. The molecule has 0 aromatic rings. The summed E-state index contributed by atoms with van der Waals surface area (Å²) in [6, 6.07) is -1.01. The number of hydrogen-bond acceptors (Lipinski definition) is 3. The summed E-state index contributed by atoms with van der Waals surface area (Å²) in [6.07, 6.45) is 4.18. The Morgan fingerprint density at radius 2 is 1.95 bits per heavy atom. The predicted octanol–water partition coefficient (Wildman–Crippen LogP) is 1.80. The van der Waals surface area contributed by atoms with Gasteiger partial charge in [-0.3, -0.25) is 14.5 Å². The van der Waals surface area contributed by atoms with Gasteiger partial charge in [-0.05, 0) is 18.8 Å². The molecule has 1 heterocycles. The fourth-order valence-corrected chi connectivity index (χ4v) is 3.37. The molecule has 5 heteroatoms. The van der Waals surface area contributed by atoms with Crippen LogP contribution in [0.15, 0.2) is 0 Å². The number of carbonyl (C=O) groups excluding carboxylic acids is 2. The number of amides is 2. The summed E-state index contributed by atoms with van der Waals surface area (Å²) in [5.74, 6) is -1.85. The fourth-order valence-electron chi connectivity index (χ4n) is 3.37. The topological polar surface area (TPSA) is 74.7 Å². The number of carboxylic acid groups (broad SMARTS) is 1.